The van der Waals surface area contributed by atoms with Gasteiger partial charge in [-0.3, -0.25) is 0 Å². The second kappa shape index (κ2) is 6.89. The van der Waals surface area contributed by atoms with Crippen molar-refractivity contribution in [3.8, 4) is 0 Å². The zero-order valence-corrected chi connectivity index (χ0v) is 13.4. The van der Waals surface area contributed by atoms with Crippen molar-refractivity contribution in [3.63, 3.8) is 0 Å². The highest BCUT2D eigenvalue weighted by atomic mass is 127. The third kappa shape index (κ3) is 3.40. The van der Waals surface area contributed by atoms with Crippen LogP contribution in [0, 0.1) is 0 Å². The highest BCUT2D eigenvalue weighted by molar-refractivity contribution is 14.0. The molecule has 0 radical (unpaired) electrons. The molecule has 1 fully saturated rings. The number of nitrogens with zero attached hydrogens (tertiary/aromatic N) is 3. The van der Waals surface area contributed by atoms with E-state index >= 15 is 0 Å². The number of H-pyrrole nitrogens is 1. The number of hydrogen-bond donors (Lipinski definition) is 2. The van der Waals surface area contributed by atoms with Crippen LogP contribution in [0.15, 0.2) is 29.4 Å². The molecule has 0 aliphatic carbocycles. The summed E-state index contributed by atoms with van der Waals surface area (Å²) in [6.45, 7) is 3.53. The van der Waals surface area contributed by atoms with E-state index in [1.807, 2.05) is 29.3 Å². The standard InChI is InChI=1S/C13H17N5O.HI/c14-13(18-5-7-19-8-6-18)16-9-11-2-1-10-3-4-15-12(10)17-11;/h1-4H,5-9H2,(H2,14,16)(H,15,17);1H. The summed E-state index contributed by atoms with van der Waals surface area (Å²) in [7, 11) is 0. The van der Waals surface area contributed by atoms with Gasteiger partial charge in [0.1, 0.15) is 5.65 Å². The summed E-state index contributed by atoms with van der Waals surface area (Å²) >= 11 is 0. The lowest BCUT2D eigenvalue weighted by atomic mass is 10.3. The lowest BCUT2D eigenvalue weighted by Crippen LogP contribution is -2.44. The van der Waals surface area contributed by atoms with Gasteiger partial charge in [0.05, 0.1) is 25.5 Å². The molecule has 0 atom stereocenters. The first-order valence-electron chi connectivity index (χ1n) is 6.38. The molecule has 0 saturated carbocycles. The third-order valence-corrected chi connectivity index (χ3v) is 3.21. The monoisotopic (exact) mass is 387 g/mol. The second-order valence-electron chi connectivity index (χ2n) is 4.49. The fraction of sp³-hybridized carbons (Fsp3) is 0.385. The Labute approximate surface area is 134 Å². The number of hydrogen-bond acceptors (Lipinski definition) is 3. The molecule has 7 heteroatoms. The molecular formula is C13H18IN5O. The Kier molecular flexibility index (Phi) is 5.18. The summed E-state index contributed by atoms with van der Waals surface area (Å²) in [6.07, 6.45) is 1.88. The predicted octanol–water partition coefficient (Wildman–Crippen LogP) is 1.33. The Morgan fingerprint density at radius 3 is 2.95 bits per heavy atom. The first-order chi connectivity index (χ1) is 9.33. The van der Waals surface area contributed by atoms with Gasteiger partial charge in [-0.05, 0) is 18.2 Å². The highest BCUT2D eigenvalue weighted by Gasteiger charge is 2.11. The first-order valence-corrected chi connectivity index (χ1v) is 6.38. The molecule has 108 valence electrons. The molecule has 0 spiro atoms. The maximum Gasteiger partial charge on any atom is 0.191 e. The maximum absolute atomic E-state index is 5.97. The van der Waals surface area contributed by atoms with E-state index in [1.165, 1.54) is 0 Å². The fourth-order valence-electron chi connectivity index (χ4n) is 2.11. The summed E-state index contributed by atoms with van der Waals surface area (Å²) in [4.78, 5) is 14.0. The third-order valence-electron chi connectivity index (χ3n) is 3.21. The van der Waals surface area contributed by atoms with Crippen LogP contribution in [-0.2, 0) is 11.3 Å². The lowest BCUT2D eigenvalue weighted by Gasteiger charge is -2.27. The van der Waals surface area contributed by atoms with E-state index in [0.717, 1.165) is 29.8 Å². The lowest BCUT2D eigenvalue weighted by molar-refractivity contribution is 0.0674. The first kappa shape index (κ1) is 15.0. The predicted molar refractivity (Wildman–Crippen MR) is 89.2 cm³/mol. The van der Waals surface area contributed by atoms with Gasteiger partial charge in [-0.15, -0.1) is 24.0 Å². The smallest absolute Gasteiger partial charge is 0.191 e. The Morgan fingerprint density at radius 2 is 2.15 bits per heavy atom. The number of morpholine rings is 1. The maximum atomic E-state index is 5.97. The molecule has 1 aliphatic heterocycles. The van der Waals surface area contributed by atoms with E-state index in [4.69, 9.17) is 10.5 Å². The molecule has 3 heterocycles. The van der Waals surface area contributed by atoms with Gasteiger partial charge in [0.25, 0.3) is 0 Å². The Hall–Kier alpha value is -1.35. The highest BCUT2D eigenvalue weighted by Crippen LogP contribution is 2.10. The van der Waals surface area contributed by atoms with Crippen molar-refractivity contribution in [2.45, 2.75) is 6.54 Å². The number of aromatic amines is 1. The number of aliphatic imine (C=N–C) groups is 1. The van der Waals surface area contributed by atoms with Crippen LogP contribution in [0.4, 0.5) is 0 Å². The summed E-state index contributed by atoms with van der Waals surface area (Å²) in [5.41, 5.74) is 7.77. The molecule has 0 bridgehead atoms. The van der Waals surface area contributed by atoms with Crippen LogP contribution in [0.25, 0.3) is 11.0 Å². The molecule has 1 saturated heterocycles. The van der Waals surface area contributed by atoms with Gasteiger partial charge in [-0.25, -0.2) is 9.98 Å². The minimum Gasteiger partial charge on any atom is -0.378 e. The van der Waals surface area contributed by atoms with Gasteiger partial charge in [0.15, 0.2) is 5.96 Å². The number of ether oxygens (including phenoxy) is 1. The zero-order chi connectivity index (χ0) is 13.1. The van der Waals surface area contributed by atoms with Crippen molar-refractivity contribution < 1.29 is 4.74 Å². The molecule has 0 unspecified atom stereocenters. The molecule has 0 aromatic carbocycles. The van der Waals surface area contributed by atoms with Gasteiger partial charge in [0.2, 0.25) is 0 Å². The fourth-order valence-corrected chi connectivity index (χ4v) is 2.11. The summed E-state index contributed by atoms with van der Waals surface area (Å²) in [6, 6.07) is 6.01. The van der Waals surface area contributed by atoms with Crippen LogP contribution in [0.3, 0.4) is 0 Å². The molecule has 2 aromatic heterocycles. The average molecular weight is 387 g/mol. The van der Waals surface area contributed by atoms with Crippen molar-refractivity contribution >= 4 is 41.0 Å². The number of aromatic nitrogens is 2. The number of rotatable bonds is 2. The molecule has 2 aromatic rings. The molecule has 0 amide bonds. The van der Waals surface area contributed by atoms with Crippen molar-refractivity contribution in [3.05, 3.63) is 30.1 Å². The summed E-state index contributed by atoms with van der Waals surface area (Å²) in [5.74, 6) is 0.566. The summed E-state index contributed by atoms with van der Waals surface area (Å²) < 4.78 is 5.28. The van der Waals surface area contributed by atoms with E-state index in [-0.39, 0.29) is 24.0 Å². The Bertz CT molecular complexity index is 591. The van der Waals surface area contributed by atoms with Crippen LogP contribution in [-0.4, -0.2) is 47.1 Å². The van der Waals surface area contributed by atoms with E-state index in [0.29, 0.717) is 25.7 Å². The quantitative estimate of drug-likeness (QED) is 0.463. The largest absolute Gasteiger partial charge is 0.378 e. The van der Waals surface area contributed by atoms with Crippen LogP contribution in [0.2, 0.25) is 0 Å². The van der Waals surface area contributed by atoms with Gasteiger partial charge in [-0.2, -0.15) is 0 Å². The Morgan fingerprint density at radius 1 is 1.35 bits per heavy atom. The number of nitrogens with two attached hydrogens (primary N) is 1. The van der Waals surface area contributed by atoms with Crippen molar-refractivity contribution in [1.29, 1.82) is 0 Å². The van der Waals surface area contributed by atoms with Crippen LogP contribution >= 0.6 is 24.0 Å². The zero-order valence-electron chi connectivity index (χ0n) is 11.1. The van der Waals surface area contributed by atoms with Gasteiger partial charge in [0, 0.05) is 24.7 Å². The van der Waals surface area contributed by atoms with Gasteiger partial charge in [-0.1, -0.05) is 0 Å². The van der Waals surface area contributed by atoms with E-state index in [9.17, 15) is 0 Å². The minimum absolute atomic E-state index is 0. The molecular weight excluding hydrogens is 369 g/mol. The van der Waals surface area contributed by atoms with E-state index in [1.54, 1.807) is 0 Å². The number of nitrogens with one attached hydrogen (secondary N) is 1. The minimum atomic E-state index is 0. The second-order valence-corrected chi connectivity index (χ2v) is 4.49. The Balaban J connectivity index is 0.00000147. The average Bonchev–Trinajstić information content (AvgIpc) is 2.93. The SMILES string of the molecule is I.NC(=NCc1ccc2cc[nH]c2n1)N1CCOCC1. The number of fused-ring (bicyclic) bond motifs is 1. The topological polar surface area (TPSA) is 79.5 Å². The summed E-state index contributed by atoms with van der Waals surface area (Å²) in [5, 5.41) is 1.11. The van der Waals surface area contributed by atoms with Gasteiger partial charge >= 0.3 is 0 Å². The van der Waals surface area contributed by atoms with E-state index < -0.39 is 0 Å². The van der Waals surface area contributed by atoms with Crippen LogP contribution in [0.1, 0.15) is 5.69 Å². The van der Waals surface area contributed by atoms with E-state index in [2.05, 4.69) is 15.0 Å². The number of halogens is 1. The van der Waals surface area contributed by atoms with Crippen LogP contribution in [0.5, 0.6) is 0 Å². The molecule has 20 heavy (non-hydrogen) atoms. The number of guanidine groups is 1. The molecule has 3 rings (SSSR count). The number of pyridine rings is 1. The van der Waals surface area contributed by atoms with Crippen molar-refractivity contribution in [1.82, 2.24) is 14.9 Å². The molecule has 1 aliphatic rings. The van der Waals surface area contributed by atoms with Crippen molar-refractivity contribution in [2.75, 3.05) is 26.3 Å². The molecule has 3 N–H and O–H groups in total. The molecule has 6 nitrogen and oxygen atoms in total. The van der Waals surface area contributed by atoms with Crippen LogP contribution < -0.4 is 5.73 Å². The van der Waals surface area contributed by atoms with Crippen molar-refractivity contribution in [2.24, 2.45) is 10.7 Å². The normalized spacial score (nSPS) is 16.2. The van der Waals surface area contributed by atoms with Gasteiger partial charge < -0.3 is 20.4 Å².